The highest BCUT2D eigenvalue weighted by Crippen LogP contribution is 2.15. The lowest BCUT2D eigenvalue weighted by Crippen LogP contribution is -2.11. The fourth-order valence-electron chi connectivity index (χ4n) is 1.78. The molecule has 86 valence electrons. The molecular weight excluding hydrogens is 200 g/mol. The number of hydrogen-bond acceptors (Lipinski definition) is 3. The Balaban J connectivity index is 2.60. The van der Waals surface area contributed by atoms with Crippen LogP contribution in [0.3, 0.4) is 0 Å². The number of aryl methyl sites for hydroxylation is 1. The molecule has 0 radical (unpaired) electrons. The minimum Gasteiger partial charge on any atom is -0.314 e. The molecule has 0 amide bonds. The molecule has 0 atom stereocenters. The molecule has 0 aromatic carbocycles. The summed E-state index contributed by atoms with van der Waals surface area (Å²) in [5.74, 6) is 0.439. The Hall–Kier alpha value is -1.42. The highest BCUT2D eigenvalue weighted by atomic mass is 15.3. The van der Waals surface area contributed by atoms with Crippen LogP contribution in [0, 0.1) is 6.92 Å². The topological polar surface area (TPSA) is 42.2 Å². The van der Waals surface area contributed by atoms with E-state index in [-0.39, 0.29) is 0 Å². The molecule has 4 nitrogen and oxygen atoms in total. The van der Waals surface area contributed by atoms with Gasteiger partial charge in [0.05, 0.1) is 17.1 Å². The number of rotatable bonds is 3. The molecule has 2 heterocycles. The Morgan fingerprint density at radius 3 is 2.75 bits per heavy atom. The van der Waals surface area contributed by atoms with Crippen LogP contribution in [0.25, 0.3) is 5.65 Å². The van der Waals surface area contributed by atoms with Crippen LogP contribution in [0.5, 0.6) is 0 Å². The van der Waals surface area contributed by atoms with Gasteiger partial charge < -0.3 is 5.32 Å². The van der Waals surface area contributed by atoms with Crippen molar-refractivity contribution in [1.29, 1.82) is 0 Å². The van der Waals surface area contributed by atoms with E-state index in [0.29, 0.717) is 5.92 Å². The Kier molecular flexibility index (Phi) is 2.92. The molecule has 1 N–H and O–H groups in total. The molecule has 2 aromatic rings. The lowest BCUT2D eigenvalue weighted by molar-refractivity contribution is 0.708. The van der Waals surface area contributed by atoms with Gasteiger partial charge in [0.15, 0.2) is 5.65 Å². The van der Waals surface area contributed by atoms with Crippen LogP contribution in [0.4, 0.5) is 0 Å². The van der Waals surface area contributed by atoms with E-state index < -0.39 is 0 Å². The summed E-state index contributed by atoms with van der Waals surface area (Å²) < 4.78 is 1.95. The summed E-state index contributed by atoms with van der Waals surface area (Å²) in [5.41, 5.74) is 4.21. The van der Waals surface area contributed by atoms with Crippen LogP contribution in [-0.4, -0.2) is 21.6 Å². The van der Waals surface area contributed by atoms with Gasteiger partial charge in [-0.15, -0.1) is 0 Å². The normalized spacial score (nSPS) is 11.6. The van der Waals surface area contributed by atoms with E-state index in [1.54, 1.807) is 0 Å². The lowest BCUT2D eigenvalue weighted by atomic mass is 10.1. The van der Waals surface area contributed by atoms with Crippen LogP contribution in [0.15, 0.2) is 12.1 Å². The zero-order chi connectivity index (χ0) is 11.7. The van der Waals surface area contributed by atoms with Gasteiger partial charge in [-0.1, -0.05) is 13.8 Å². The van der Waals surface area contributed by atoms with Crippen LogP contribution in [0.2, 0.25) is 0 Å². The van der Waals surface area contributed by atoms with Crippen molar-refractivity contribution in [2.24, 2.45) is 0 Å². The third-order valence-corrected chi connectivity index (χ3v) is 2.73. The first-order chi connectivity index (χ1) is 7.63. The van der Waals surface area contributed by atoms with E-state index >= 15 is 0 Å². The molecule has 0 aliphatic heterocycles. The van der Waals surface area contributed by atoms with Gasteiger partial charge in [-0.25, -0.2) is 9.50 Å². The van der Waals surface area contributed by atoms with Gasteiger partial charge in [0.2, 0.25) is 0 Å². The molecule has 0 fully saturated rings. The van der Waals surface area contributed by atoms with Gasteiger partial charge in [0, 0.05) is 6.54 Å². The summed E-state index contributed by atoms with van der Waals surface area (Å²) in [5, 5.41) is 7.78. The number of fused-ring (bicyclic) bond motifs is 1. The number of nitrogens with one attached hydrogen (secondary N) is 1. The number of imidazole rings is 1. The molecule has 0 saturated carbocycles. The monoisotopic (exact) mass is 218 g/mol. The van der Waals surface area contributed by atoms with Crippen molar-refractivity contribution >= 4 is 5.65 Å². The second-order valence-corrected chi connectivity index (χ2v) is 4.36. The van der Waals surface area contributed by atoms with Gasteiger partial charge in [0.25, 0.3) is 0 Å². The van der Waals surface area contributed by atoms with E-state index in [4.69, 9.17) is 0 Å². The summed E-state index contributed by atoms with van der Waals surface area (Å²) in [4.78, 5) is 4.49. The minimum atomic E-state index is 0.439. The molecule has 0 spiro atoms. The summed E-state index contributed by atoms with van der Waals surface area (Å²) in [7, 11) is 1.94. The first-order valence-electron chi connectivity index (χ1n) is 5.63. The maximum Gasteiger partial charge on any atom is 0.154 e. The van der Waals surface area contributed by atoms with Crippen molar-refractivity contribution < 1.29 is 0 Å². The first-order valence-corrected chi connectivity index (χ1v) is 5.63. The van der Waals surface area contributed by atoms with Crippen molar-refractivity contribution in [3.8, 4) is 0 Å². The van der Waals surface area contributed by atoms with E-state index in [9.17, 15) is 0 Å². The molecule has 2 aromatic heterocycles. The van der Waals surface area contributed by atoms with Crippen LogP contribution < -0.4 is 5.32 Å². The predicted octanol–water partition coefficient (Wildman–Crippen LogP) is 1.88. The minimum absolute atomic E-state index is 0.439. The maximum absolute atomic E-state index is 4.63. The molecule has 0 aliphatic carbocycles. The summed E-state index contributed by atoms with van der Waals surface area (Å²) in [6.45, 7) is 7.11. The quantitative estimate of drug-likeness (QED) is 0.855. The highest BCUT2D eigenvalue weighted by molar-refractivity contribution is 5.42. The van der Waals surface area contributed by atoms with E-state index in [1.807, 2.05) is 24.6 Å². The zero-order valence-corrected chi connectivity index (χ0v) is 10.3. The molecule has 0 saturated heterocycles. The Labute approximate surface area is 95.7 Å². The second-order valence-electron chi connectivity index (χ2n) is 4.36. The molecule has 0 bridgehead atoms. The van der Waals surface area contributed by atoms with Crippen LogP contribution in [-0.2, 0) is 6.54 Å². The van der Waals surface area contributed by atoms with Crippen LogP contribution >= 0.6 is 0 Å². The van der Waals surface area contributed by atoms with Crippen molar-refractivity contribution in [3.63, 3.8) is 0 Å². The third-order valence-electron chi connectivity index (χ3n) is 2.73. The van der Waals surface area contributed by atoms with Gasteiger partial charge in [-0.3, -0.25) is 0 Å². The standard InChI is InChI=1S/C12H18N4/c1-8(2)10-5-6-12-14-9(3)11(7-13-4)16(12)15-10/h5-6,8,13H,7H2,1-4H3. The first kappa shape index (κ1) is 11.1. The molecular formula is C12H18N4. The van der Waals surface area contributed by atoms with E-state index in [0.717, 1.165) is 29.3 Å². The van der Waals surface area contributed by atoms with Gasteiger partial charge in [-0.2, -0.15) is 5.10 Å². The molecule has 0 unspecified atom stereocenters. The molecule has 16 heavy (non-hydrogen) atoms. The Morgan fingerprint density at radius 2 is 2.12 bits per heavy atom. The smallest absolute Gasteiger partial charge is 0.154 e. The van der Waals surface area contributed by atoms with Crippen molar-refractivity contribution in [2.45, 2.75) is 33.2 Å². The fraction of sp³-hybridized carbons (Fsp3) is 0.500. The molecule has 2 rings (SSSR count). The Morgan fingerprint density at radius 1 is 1.38 bits per heavy atom. The third kappa shape index (κ3) is 1.80. The van der Waals surface area contributed by atoms with Gasteiger partial charge in [-0.05, 0) is 32.0 Å². The predicted molar refractivity (Wildman–Crippen MR) is 64.6 cm³/mol. The van der Waals surface area contributed by atoms with E-state index in [1.165, 1.54) is 0 Å². The summed E-state index contributed by atoms with van der Waals surface area (Å²) >= 11 is 0. The van der Waals surface area contributed by atoms with Crippen LogP contribution in [0.1, 0.15) is 36.8 Å². The largest absolute Gasteiger partial charge is 0.314 e. The summed E-state index contributed by atoms with van der Waals surface area (Å²) in [6, 6.07) is 4.09. The highest BCUT2D eigenvalue weighted by Gasteiger charge is 2.10. The summed E-state index contributed by atoms with van der Waals surface area (Å²) in [6.07, 6.45) is 0. The fourth-order valence-corrected chi connectivity index (χ4v) is 1.78. The average Bonchev–Trinajstić information content (AvgIpc) is 2.55. The van der Waals surface area contributed by atoms with Gasteiger partial charge >= 0.3 is 0 Å². The number of hydrogen-bond donors (Lipinski definition) is 1. The van der Waals surface area contributed by atoms with Crippen molar-refractivity contribution in [1.82, 2.24) is 19.9 Å². The zero-order valence-electron chi connectivity index (χ0n) is 10.3. The number of aromatic nitrogens is 3. The number of nitrogens with zero attached hydrogens (tertiary/aromatic N) is 3. The second kappa shape index (κ2) is 4.22. The average molecular weight is 218 g/mol. The SMILES string of the molecule is CNCc1c(C)nc2ccc(C(C)C)nn12. The lowest BCUT2D eigenvalue weighted by Gasteiger charge is -2.06. The van der Waals surface area contributed by atoms with Crippen molar-refractivity contribution in [2.75, 3.05) is 7.05 Å². The molecule has 4 heteroatoms. The molecule has 0 aliphatic rings. The van der Waals surface area contributed by atoms with E-state index in [2.05, 4.69) is 35.3 Å². The van der Waals surface area contributed by atoms with Gasteiger partial charge in [0.1, 0.15) is 0 Å². The Bertz CT molecular complexity index is 499. The maximum atomic E-state index is 4.63. The van der Waals surface area contributed by atoms with Crippen molar-refractivity contribution in [3.05, 3.63) is 29.2 Å².